The van der Waals surface area contributed by atoms with Gasteiger partial charge in [0.2, 0.25) is 0 Å². The van der Waals surface area contributed by atoms with Gasteiger partial charge in [0.15, 0.2) is 17.6 Å². The smallest absolute Gasteiger partial charge is 0.261 e. The average molecular weight is 369 g/mol. The van der Waals surface area contributed by atoms with Crippen LogP contribution in [0.3, 0.4) is 0 Å². The van der Waals surface area contributed by atoms with Crippen LogP contribution in [0.2, 0.25) is 0 Å². The maximum Gasteiger partial charge on any atom is 0.261 e. The van der Waals surface area contributed by atoms with Gasteiger partial charge in [-0.25, -0.2) is 0 Å². The molecule has 1 amide bonds. The number of aryl methyl sites for hydroxylation is 2. The molecule has 2 aromatic carbocycles. The SMILES string of the molecule is CC[C@H](Oc1cc(C)ccc1C)C(=O)N[C@H](C)c1ccc2c(c1)OCCO2. The van der Waals surface area contributed by atoms with Crippen molar-refractivity contribution in [3.8, 4) is 17.2 Å². The van der Waals surface area contributed by atoms with Gasteiger partial charge < -0.3 is 19.5 Å². The molecule has 1 aliphatic heterocycles. The van der Waals surface area contributed by atoms with Gasteiger partial charge in [0.05, 0.1) is 6.04 Å². The van der Waals surface area contributed by atoms with Gasteiger partial charge >= 0.3 is 0 Å². The summed E-state index contributed by atoms with van der Waals surface area (Å²) in [5, 5.41) is 3.05. The maximum absolute atomic E-state index is 12.8. The van der Waals surface area contributed by atoms with Gasteiger partial charge in [-0.15, -0.1) is 0 Å². The molecule has 1 aliphatic rings. The van der Waals surface area contributed by atoms with E-state index in [2.05, 4.69) is 5.32 Å². The Kier molecular flexibility index (Phi) is 5.89. The number of ether oxygens (including phenoxy) is 3. The minimum atomic E-state index is -0.537. The van der Waals surface area contributed by atoms with Crippen molar-refractivity contribution in [1.82, 2.24) is 5.32 Å². The van der Waals surface area contributed by atoms with Crippen LogP contribution in [0.5, 0.6) is 17.2 Å². The van der Waals surface area contributed by atoms with Crippen LogP contribution in [-0.2, 0) is 4.79 Å². The lowest BCUT2D eigenvalue weighted by molar-refractivity contribution is -0.128. The number of carbonyl (C=O) groups is 1. The molecule has 1 heterocycles. The first-order valence-corrected chi connectivity index (χ1v) is 9.41. The Labute approximate surface area is 160 Å². The number of carbonyl (C=O) groups excluding carboxylic acids is 1. The lowest BCUT2D eigenvalue weighted by Gasteiger charge is -2.23. The fourth-order valence-corrected chi connectivity index (χ4v) is 3.03. The second kappa shape index (κ2) is 8.33. The van der Waals surface area contributed by atoms with Crippen molar-refractivity contribution in [3.63, 3.8) is 0 Å². The third-order valence-electron chi connectivity index (χ3n) is 4.70. The van der Waals surface area contributed by atoms with Crippen molar-refractivity contribution in [1.29, 1.82) is 0 Å². The third kappa shape index (κ3) is 4.54. The molecule has 2 aromatic rings. The molecule has 0 spiro atoms. The van der Waals surface area contributed by atoms with Gasteiger partial charge in [-0.1, -0.05) is 25.1 Å². The van der Waals surface area contributed by atoms with Gasteiger partial charge in [0.1, 0.15) is 19.0 Å². The molecule has 0 fully saturated rings. The molecule has 0 saturated heterocycles. The molecular formula is C22H27NO4. The van der Waals surface area contributed by atoms with Gasteiger partial charge in [0, 0.05) is 0 Å². The molecule has 5 nitrogen and oxygen atoms in total. The van der Waals surface area contributed by atoms with E-state index in [1.54, 1.807) is 0 Å². The molecule has 0 unspecified atom stereocenters. The highest BCUT2D eigenvalue weighted by Crippen LogP contribution is 2.32. The van der Waals surface area contributed by atoms with E-state index in [0.717, 1.165) is 33.9 Å². The molecule has 3 rings (SSSR count). The monoisotopic (exact) mass is 369 g/mol. The van der Waals surface area contributed by atoms with Crippen molar-refractivity contribution in [3.05, 3.63) is 53.1 Å². The summed E-state index contributed by atoms with van der Waals surface area (Å²) < 4.78 is 17.2. The lowest BCUT2D eigenvalue weighted by atomic mass is 10.1. The molecular weight excluding hydrogens is 342 g/mol. The van der Waals surface area contributed by atoms with E-state index in [0.29, 0.717) is 19.6 Å². The highest BCUT2D eigenvalue weighted by molar-refractivity contribution is 5.81. The van der Waals surface area contributed by atoms with E-state index in [-0.39, 0.29) is 11.9 Å². The van der Waals surface area contributed by atoms with E-state index in [1.165, 1.54) is 0 Å². The largest absolute Gasteiger partial charge is 0.486 e. The Morgan fingerprint density at radius 2 is 1.85 bits per heavy atom. The number of hydrogen-bond donors (Lipinski definition) is 1. The number of nitrogens with one attached hydrogen (secondary N) is 1. The second-order valence-corrected chi connectivity index (χ2v) is 6.92. The zero-order valence-electron chi connectivity index (χ0n) is 16.4. The van der Waals surface area contributed by atoms with E-state index < -0.39 is 6.10 Å². The fourth-order valence-electron chi connectivity index (χ4n) is 3.03. The van der Waals surface area contributed by atoms with E-state index >= 15 is 0 Å². The van der Waals surface area contributed by atoms with Crippen molar-refractivity contribution < 1.29 is 19.0 Å². The van der Waals surface area contributed by atoms with Crippen molar-refractivity contribution >= 4 is 5.91 Å². The number of hydrogen-bond acceptors (Lipinski definition) is 4. The summed E-state index contributed by atoms with van der Waals surface area (Å²) in [5.41, 5.74) is 3.09. The van der Waals surface area contributed by atoms with Gasteiger partial charge in [-0.2, -0.15) is 0 Å². The van der Waals surface area contributed by atoms with E-state index in [1.807, 2.05) is 64.1 Å². The molecule has 0 bridgehead atoms. The van der Waals surface area contributed by atoms with Crippen molar-refractivity contribution in [2.75, 3.05) is 13.2 Å². The summed E-state index contributed by atoms with van der Waals surface area (Å²) >= 11 is 0. The molecule has 0 radical (unpaired) electrons. The summed E-state index contributed by atoms with van der Waals surface area (Å²) in [4.78, 5) is 12.8. The first-order valence-electron chi connectivity index (χ1n) is 9.41. The number of rotatable bonds is 6. The van der Waals surface area contributed by atoms with Crippen LogP contribution in [0.4, 0.5) is 0 Å². The number of benzene rings is 2. The topological polar surface area (TPSA) is 56.8 Å². The second-order valence-electron chi connectivity index (χ2n) is 6.92. The van der Waals surface area contributed by atoms with E-state index in [9.17, 15) is 4.79 Å². The number of amides is 1. The van der Waals surface area contributed by atoms with Crippen LogP contribution in [0, 0.1) is 13.8 Å². The Morgan fingerprint density at radius 1 is 1.11 bits per heavy atom. The zero-order chi connectivity index (χ0) is 19.4. The Hall–Kier alpha value is -2.69. The molecule has 27 heavy (non-hydrogen) atoms. The quantitative estimate of drug-likeness (QED) is 0.833. The van der Waals surface area contributed by atoms with Gasteiger partial charge in [0.25, 0.3) is 5.91 Å². The molecule has 2 atom stereocenters. The fraction of sp³-hybridized carbons (Fsp3) is 0.409. The van der Waals surface area contributed by atoms with Crippen LogP contribution in [0.15, 0.2) is 36.4 Å². The highest BCUT2D eigenvalue weighted by atomic mass is 16.6. The van der Waals surface area contributed by atoms with Crippen LogP contribution in [0.25, 0.3) is 0 Å². The average Bonchev–Trinajstić information content (AvgIpc) is 2.68. The minimum absolute atomic E-state index is 0.124. The lowest BCUT2D eigenvalue weighted by Crippen LogP contribution is -2.39. The molecule has 0 aromatic heterocycles. The standard InChI is InChI=1S/C22H27NO4/c1-5-18(27-20-12-14(2)6-7-15(20)3)22(24)23-16(4)17-8-9-19-21(13-17)26-11-10-25-19/h6-9,12-13,16,18H,5,10-11H2,1-4H3,(H,23,24)/t16-,18+/m1/s1. The minimum Gasteiger partial charge on any atom is -0.486 e. The summed E-state index contributed by atoms with van der Waals surface area (Å²) in [6.45, 7) is 9.00. The van der Waals surface area contributed by atoms with Crippen LogP contribution in [0.1, 0.15) is 43.0 Å². The summed E-state index contributed by atoms with van der Waals surface area (Å²) in [7, 11) is 0. The molecule has 5 heteroatoms. The molecule has 0 aliphatic carbocycles. The Balaban J connectivity index is 1.68. The normalized spacial score (nSPS) is 15.0. The predicted molar refractivity (Wildman–Crippen MR) is 105 cm³/mol. The van der Waals surface area contributed by atoms with Crippen LogP contribution < -0.4 is 19.5 Å². The Morgan fingerprint density at radius 3 is 2.59 bits per heavy atom. The van der Waals surface area contributed by atoms with Crippen molar-refractivity contribution in [2.24, 2.45) is 0 Å². The first kappa shape index (κ1) is 19.1. The summed E-state index contributed by atoms with van der Waals surface area (Å²) in [6.07, 6.45) is 0.0535. The maximum atomic E-state index is 12.8. The first-order chi connectivity index (χ1) is 13.0. The van der Waals surface area contributed by atoms with Crippen LogP contribution >= 0.6 is 0 Å². The molecule has 0 saturated carbocycles. The van der Waals surface area contributed by atoms with Gasteiger partial charge in [-0.05, 0) is 62.1 Å². The van der Waals surface area contributed by atoms with Crippen molar-refractivity contribution in [2.45, 2.75) is 46.3 Å². The molecule has 1 N–H and O–H groups in total. The van der Waals surface area contributed by atoms with Gasteiger partial charge in [-0.3, -0.25) is 4.79 Å². The summed E-state index contributed by atoms with van der Waals surface area (Å²) in [5.74, 6) is 2.09. The Bertz CT molecular complexity index is 818. The van der Waals surface area contributed by atoms with Crippen LogP contribution in [-0.4, -0.2) is 25.2 Å². The third-order valence-corrected chi connectivity index (χ3v) is 4.70. The van der Waals surface area contributed by atoms with E-state index in [4.69, 9.17) is 14.2 Å². The summed E-state index contributed by atoms with van der Waals surface area (Å²) in [6, 6.07) is 11.6. The predicted octanol–water partition coefficient (Wildman–Crippen LogP) is 4.11. The number of fused-ring (bicyclic) bond motifs is 1. The molecule has 144 valence electrons. The highest BCUT2D eigenvalue weighted by Gasteiger charge is 2.22. The zero-order valence-corrected chi connectivity index (χ0v) is 16.4.